The summed E-state index contributed by atoms with van der Waals surface area (Å²) in [6.45, 7) is 0. The summed E-state index contributed by atoms with van der Waals surface area (Å²) in [5, 5.41) is 0. The maximum atomic E-state index is 12.9. The van der Waals surface area contributed by atoms with Crippen molar-refractivity contribution in [2.45, 2.75) is 6.18 Å². The van der Waals surface area contributed by atoms with E-state index in [-0.39, 0.29) is 4.47 Å². The minimum absolute atomic E-state index is 0.245. The molecule has 0 aliphatic carbocycles. The van der Waals surface area contributed by atoms with Gasteiger partial charge in [0.15, 0.2) is 0 Å². The predicted molar refractivity (Wildman–Crippen MR) is 76.2 cm³/mol. The topological polar surface area (TPSA) is 22.1 Å². The van der Waals surface area contributed by atoms with Gasteiger partial charge < -0.3 is 4.74 Å². The van der Waals surface area contributed by atoms with E-state index in [1.807, 2.05) is 28.7 Å². The number of rotatable bonds is 2. The molecule has 1 aromatic carbocycles. The summed E-state index contributed by atoms with van der Waals surface area (Å²) in [6.07, 6.45) is -3.26. The smallest absolute Gasteiger partial charge is 0.421 e. The number of aromatic nitrogens is 1. The minimum Gasteiger partial charge on any atom is -0.438 e. The zero-order valence-corrected chi connectivity index (χ0v) is 13.0. The highest BCUT2D eigenvalue weighted by atomic mass is 127. The van der Waals surface area contributed by atoms with Crippen molar-refractivity contribution in [2.75, 3.05) is 0 Å². The van der Waals surface area contributed by atoms with Crippen LogP contribution in [0.2, 0.25) is 0 Å². The highest BCUT2D eigenvalue weighted by Gasteiger charge is 2.35. The Labute approximate surface area is 129 Å². The van der Waals surface area contributed by atoms with Crippen LogP contribution in [0.4, 0.5) is 13.2 Å². The van der Waals surface area contributed by atoms with Gasteiger partial charge in [0.25, 0.3) is 0 Å². The molecule has 2 nitrogen and oxygen atoms in total. The summed E-state index contributed by atoms with van der Waals surface area (Å²) < 4.78 is 44.9. The van der Waals surface area contributed by atoms with Crippen molar-refractivity contribution >= 4 is 38.5 Å². The molecule has 0 aliphatic heterocycles. The molecule has 1 heterocycles. The van der Waals surface area contributed by atoms with E-state index < -0.39 is 17.6 Å². The molecule has 0 saturated heterocycles. The molecule has 0 aliphatic rings. The van der Waals surface area contributed by atoms with Crippen LogP contribution in [-0.4, -0.2) is 4.98 Å². The molecule has 0 atom stereocenters. The van der Waals surface area contributed by atoms with Gasteiger partial charge in [-0.25, -0.2) is 4.98 Å². The third-order valence-corrected chi connectivity index (χ3v) is 3.24. The molecule has 2 rings (SSSR count). The Kier molecular flexibility index (Phi) is 4.34. The van der Waals surface area contributed by atoms with Gasteiger partial charge >= 0.3 is 6.18 Å². The van der Waals surface area contributed by atoms with Gasteiger partial charge in [-0.15, -0.1) is 0 Å². The van der Waals surface area contributed by atoms with E-state index in [2.05, 4.69) is 20.9 Å². The molecule has 1 aromatic heterocycles. The van der Waals surface area contributed by atoms with E-state index in [0.29, 0.717) is 5.75 Å². The van der Waals surface area contributed by atoms with Gasteiger partial charge in [0.05, 0.1) is 0 Å². The Morgan fingerprint density at radius 1 is 1.21 bits per heavy atom. The Hall–Kier alpha value is -0.830. The molecule has 2 aromatic rings. The van der Waals surface area contributed by atoms with Crippen LogP contribution in [0.15, 0.2) is 41.0 Å². The largest absolute Gasteiger partial charge is 0.438 e. The van der Waals surface area contributed by atoms with Gasteiger partial charge in [0.1, 0.15) is 11.3 Å². The van der Waals surface area contributed by atoms with Crippen LogP contribution in [0.1, 0.15) is 5.56 Å². The van der Waals surface area contributed by atoms with E-state index in [4.69, 9.17) is 4.74 Å². The van der Waals surface area contributed by atoms with Crippen molar-refractivity contribution in [1.82, 2.24) is 4.98 Å². The fourth-order valence-corrected chi connectivity index (χ4v) is 2.20. The molecule has 100 valence electrons. The number of alkyl halides is 3. The average molecular weight is 444 g/mol. The molecular formula is C12H6BrF3INO. The van der Waals surface area contributed by atoms with Gasteiger partial charge in [0.2, 0.25) is 5.88 Å². The number of ether oxygens (including phenoxy) is 1. The predicted octanol–water partition coefficient (Wildman–Crippen LogP) is 5.26. The van der Waals surface area contributed by atoms with Crippen LogP contribution in [0.3, 0.4) is 0 Å². The number of hydrogen-bond donors (Lipinski definition) is 0. The van der Waals surface area contributed by atoms with E-state index >= 15 is 0 Å². The van der Waals surface area contributed by atoms with Crippen LogP contribution in [-0.2, 0) is 6.18 Å². The minimum atomic E-state index is -4.52. The van der Waals surface area contributed by atoms with Crippen molar-refractivity contribution in [3.8, 4) is 11.6 Å². The first-order valence-corrected chi connectivity index (χ1v) is 6.89. The van der Waals surface area contributed by atoms with Crippen molar-refractivity contribution in [1.29, 1.82) is 0 Å². The van der Waals surface area contributed by atoms with E-state index in [0.717, 1.165) is 9.64 Å². The molecule has 0 amide bonds. The molecular weight excluding hydrogens is 438 g/mol. The molecule has 0 radical (unpaired) electrons. The Balaban J connectivity index is 2.40. The van der Waals surface area contributed by atoms with Crippen molar-refractivity contribution in [3.63, 3.8) is 0 Å². The van der Waals surface area contributed by atoms with E-state index in [9.17, 15) is 13.2 Å². The number of nitrogens with zero attached hydrogens (tertiary/aromatic N) is 1. The Morgan fingerprint density at radius 2 is 1.95 bits per heavy atom. The molecule has 0 bridgehead atoms. The van der Waals surface area contributed by atoms with Gasteiger partial charge in [0, 0.05) is 14.2 Å². The standard InChI is InChI=1S/C12H6BrF3INO/c13-7-4-10(12(14,15)16)11(18-6-7)19-9-3-1-2-8(17)5-9/h1-6H. The zero-order chi connectivity index (χ0) is 14.0. The second kappa shape index (κ2) is 5.66. The summed E-state index contributed by atoms with van der Waals surface area (Å²) in [6, 6.07) is 7.66. The first kappa shape index (κ1) is 14.6. The zero-order valence-electron chi connectivity index (χ0n) is 9.21. The highest BCUT2D eigenvalue weighted by Crippen LogP contribution is 2.38. The van der Waals surface area contributed by atoms with Crippen molar-refractivity contribution < 1.29 is 17.9 Å². The lowest BCUT2D eigenvalue weighted by Gasteiger charge is -2.12. The molecule has 0 N–H and O–H groups in total. The number of halogens is 5. The quantitative estimate of drug-likeness (QED) is 0.590. The fourth-order valence-electron chi connectivity index (χ4n) is 1.35. The molecule has 0 fully saturated rings. The average Bonchev–Trinajstić information content (AvgIpc) is 2.30. The van der Waals surface area contributed by atoms with Crippen LogP contribution in [0.25, 0.3) is 0 Å². The van der Waals surface area contributed by atoms with Gasteiger partial charge in [-0.2, -0.15) is 13.2 Å². The third-order valence-electron chi connectivity index (χ3n) is 2.13. The molecule has 19 heavy (non-hydrogen) atoms. The van der Waals surface area contributed by atoms with Crippen molar-refractivity contribution in [2.24, 2.45) is 0 Å². The van der Waals surface area contributed by atoms with Gasteiger partial charge in [-0.3, -0.25) is 0 Å². The second-order valence-corrected chi connectivity index (χ2v) is 5.72. The summed E-state index contributed by atoms with van der Waals surface area (Å²) in [5.74, 6) is -0.148. The van der Waals surface area contributed by atoms with E-state index in [1.54, 1.807) is 18.2 Å². The SMILES string of the molecule is FC(F)(F)c1cc(Br)cnc1Oc1cccc(I)c1. The van der Waals surface area contributed by atoms with Crippen molar-refractivity contribution in [3.05, 3.63) is 50.1 Å². The summed E-state index contributed by atoms with van der Waals surface area (Å²) in [4.78, 5) is 3.68. The summed E-state index contributed by atoms with van der Waals surface area (Å²) >= 11 is 5.01. The highest BCUT2D eigenvalue weighted by molar-refractivity contribution is 14.1. The van der Waals surface area contributed by atoms with Crippen LogP contribution in [0, 0.1) is 3.57 Å². The number of benzene rings is 1. The first-order chi connectivity index (χ1) is 8.86. The maximum Gasteiger partial charge on any atom is 0.421 e. The Bertz CT molecular complexity index is 604. The van der Waals surface area contributed by atoms with Gasteiger partial charge in [-0.05, 0) is 62.8 Å². The number of pyridine rings is 1. The lowest BCUT2D eigenvalue weighted by molar-refractivity contribution is -0.138. The second-order valence-electron chi connectivity index (χ2n) is 3.56. The summed E-state index contributed by atoms with van der Waals surface area (Å²) in [5.41, 5.74) is -0.916. The maximum absolute atomic E-state index is 12.9. The summed E-state index contributed by atoms with van der Waals surface area (Å²) in [7, 11) is 0. The number of hydrogen-bond acceptors (Lipinski definition) is 2. The van der Waals surface area contributed by atoms with Crippen LogP contribution < -0.4 is 4.74 Å². The van der Waals surface area contributed by atoms with E-state index in [1.165, 1.54) is 6.20 Å². The Morgan fingerprint density at radius 3 is 2.58 bits per heavy atom. The molecule has 0 saturated carbocycles. The van der Waals surface area contributed by atoms with Crippen LogP contribution in [0.5, 0.6) is 11.6 Å². The van der Waals surface area contributed by atoms with Gasteiger partial charge in [-0.1, -0.05) is 6.07 Å². The molecule has 0 spiro atoms. The fraction of sp³-hybridized carbons (Fsp3) is 0.0833. The third kappa shape index (κ3) is 3.82. The molecule has 7 heteroatoms. The lowest BCUT2D eigenvalue weighted by atomic mass is 10.2. The first-order valence-electron chi connectivity index (χ1n) is 5.02. The monoisotopic (exact) mass is 443 g/mol. The lowest BCUT2D eigenvalue weighted by Crippen LogP contribution is -2.08. The normalized spacial score (nSPS) is 11.4. The molecule has 0 unspecified atom stereocenters. The van der Waals surface area contributed by atoms with Crippen LogP contribution >= 0.6 is 38.5 Å².